The first-order chi connectivity index (χ1) is 8.58. The lowest BCUT2D eigenvalue weighted by atomic mass is 9.98. The molecule has 0 aliphatic carbocycles. The van der Waals surface area contributed by atoms with Crippen molar-refractivity contribution in [2.75, 3.05) is 7.11 Å². The Morgan fingerprint density at radius 1 is 1.22 bits per heavy atom. The number of nitrogens with one attached hydrogen (secondary N) is 1. The van der Waals surface area contributed by atoms with Gasteiger partial charge in [-0.15, -0.1) is 0 Å². The first-order valence-corrected chi connectivity index (χ1v) is 6.10. The number of ether oxygens (including phenoxy) is 1. The molecule has 0 fully saturated rings. The first-order valence-electron chi connectivity index (χ1n) is 6.10. The predicted molar refractivity (Wildman–Crippen MR) is 71.6 cm³/mol. The van der Waals surface area contributed by atoms with Crippen LogP contribution < -0.4 is 4.74 Å². The van der Waals surface area contributed by atoms with Crippen LogP contribution in [0.5, 0.6) is 5.75 Å². The van der Waals surface area contributed by atoms with Crippen LogP contribution >= 0.6 is 0 Å². The monoisotopic (exact) mass is 247 g/mol. The Bertz CT molecular complexity index is 572. The summed E-state index contributed by atoms with van der Waals surface area (Å²) in [6.45, 7) is 6.21. The third-order valence-electron chi connectivity index (χ3n) is 3.29. The molecule has 0 unspecified atom stereocenters. The van der Waals surface area contributed by atoms with Crippen molar-refractivity contribution in [3.63, 3.8) is 0 Å². The highest BCUT2D eigenvalue weighted by molar-refractivity contribution is 5.76. The van der Waals surface area contributed by atoms with Crippen molar-refractivity contribution in [1.82, 2.24) is 4.98 Å². The largest absolute Gasteiger partial charge is 0.496 e. The van der Waals surface area contributed by atoms with Gasteiger partial charge in [-0.05, 0) is 38.0 Å². The molecule has 2 nitrogen and oxygen atoms in total. The third-order valence-corrected chi connectivity index (χ3v) is 3.29. The molecular weight excluding hydrogens is 229 g/mol. The summed E-state index contributed by atoms with van der Waals surface area (Å²) in [4.78, 5) is 3.34. The molecule has 1 heterocycles. The van der Waals surface area contributed by atoms with Crippen LogP contribution in [0.1, 0.15) is 23.9 Å². The van der Waals surface area contributed by atoms with Crippen LogP contribution in [0.2, 0.25) is 0 Å². The van der Waals surface area contributed by atoms with Gasteiger partial charge in [0, 0.05) is 28.6 Å². The van der Waals surface area contributed by atoms with Gasteiger partial charge in [0.15, 0.2) is 0 Å². The Kier molecular flexibility index (Phi) is 3.41. The molecule has 3 heteroatoms. The fraction of sp³-hybridized carbons (Fsp3) is 0.333. The second-order valence-corrected chi connectivity index (χ2v) is 4.43. The number of methoxy groups -OCH3 is 1. The maximum Gasteiger partial charge on any atom is 0.129 e. The molecule has 0 spiro atoms. The maximum atomic E-state index is 13.3. The van der Waals surface area contributed by atoms with Gasteiger partial charge in [-0.25, -0.2) is 4.39 Å². The zero-order valence-electron chi connectivity index (χ0n) is 11.2. The Morgan fingerprint density at radius 2 is 1.94 bits per heavy atom. The van der Waals surface area contributed by atoms with Gasteiger partial charge in [0.1, 0.15) is 11.6 Å². The van der Waals surface area contributed by atoms with Gasteiger partial charge in [-0.1, -0.05) is 6.92 Å². The second kappa shape index (κ2) is 4.84. The molecule has 0 atom stereocenters. The maximum absolute atomic E-state index is 13.3. The lowest BCUT2D eigenvalue weighted by molar-refractivity contribution is 0.413. The van der Waals surface area contributed by atoms with E-state index in [0.29, 0.717) is 5.75 Å². The average Bonchev–Trinajstić information content (AvgIpc) is 2.63. The number of H-pyrrole nitrogens is 1. The Morgan fingerprint density at radius 3 is 2.56 bits per heavy atom. The zero-order chi connectivity index (χ0) is 13.3. The van der Waals surface area contributed by atoms with Crippen LogP contribution in [0.15, 0.2) is 18.2 Å². The minimum atomic E-state index is -0.279. The number of rotatable bonds is 3. The summed E-state index contributed by atoms with van der Waals surface area (Å²) in [5.74, 6) is 0.297. The Balaban J connectivity index is 2.68. The molecule has 96 valence electrons. The summed E-state index contributed by atoms with van der Waals surface area (Å²) in [7, 11) is 1.57. The molecule has 0 bridgehead atoms. The minimum Gasteiger partial charge on any atom is -0.496 e. The van der Waals surface area contributed by atoms with Crippen molar-refractivity contribution >= 4 is 0 Å². The van der Waals surface area contributed by atoms with E-state index in [1.54, 1.807) is 13.2 Å². The van der Waals surface area contributed by atoms with Crippen molar-refractivity contribution in [3.05, 3.63) is 41.0 Å². The molecule has 18 heavy (non-hydrogen) atoms. The van der Waals surface area contributed by atoms with Crippen LogP contribution in [0.3, 0.4) is 0 Å². The molecule has 0 amide bonds. The zero-order valence-corrected chi connectivity index (χ0v) is 11.2. The number of halogens is 1. The van der Waals surface area contributed by atoms with E-state index in [1.165, 1.54) is 17.7 Å². The van der Waals surface area contributed by atoms with Crippen LogP contribution in [0.25, 0.3) is 11.1 Å². The van der Waals surface area contributed by atoms with E-state index in [0.717, 1.165) is 28.9 Å². The Hall–Kier alpha value is -1.77. The highest BCUT2D eigenvalue weighted by Gasteiger charge is 2.16. The van der Waals surface area contributed by atoms with E-state index in [4.69, 9.17) is 4.74 Å². The number of hydrogen-bond acceptors (Lipinski definition) is 1. The first kappa shape index (κ1) is 12.7. The predicted octanol–water partition coefficient (Wildman–Crippen LogP) is 4.01. The normalized spacial score (nSPS) is 10.7. The fourth-order valence-corrected chi connectivity index (χ4v) is 2.51. The molecule has 0 aliphatic rings. The lowest BCUT2D eigenvalue weighted by Gasteiger charge is -2.10. The minimum absolute atomic E-state index is 0.279. The number of aryl methyl sites for hydroxylation is 2. The molecule has 0 radical (unpaired) electrons. The summed E-state index contributed by atoms with van der Waals surface area (Å²) in [5, 5.41) is 0. The van der Waals surface area contributed by atoms with Gasteiger partial charge >= 0.3 is 0 Å². The SMILES string of the molecule is CCc1c(C)[nH]c(C)c1-c1ccc(F)cc1OC. The molecule has 1 N–H and O–H groups in total. The average molecular weight is 247 g/mol. The third kappa shape index (κ3) is 2.01. The number of aromatic amines is 1. The molecule has 0 saturated heterocycles. The molecule has 2 aromatic rings. The van der Waals surface area contributed by atoms with Crippen LogP contribution in [-0.2, 0) is 6.42 Å². The van der Waals surface area contributed by atoms with E-state index < -0.39 is 0 Å². The topological polar surface area (TPSA) is 25.0 Å². The summed E-state index contributed by atoms with van der Waals surface area (Å²) in [5.41, 5.74) is 5.59. The molecule has 0 saturated carbocycles. The van der Waals surface area contributed by atoms with Crippen molar-refractivity contribution in [1.29, 1.82) is 0 Å². The summed E-state index contributed by atoms with van der Waals surface area (Å²) in [6.07, 6.45) is 0.937. The van der Waals surface area contributed by atoms with Crippen molar-refractivity contribution < 1.29 is 9.13 Å². The van der Waals surface area contributed by atoms with Crippen LogP contribution in [0, 0.1) is 19.7 Å². The van der Waals surface area contributed by atoms with Gasteiger partial charge in [-0.3, -0.25) is 0 Å². The van der Waals surface area contributed by atoms with E-state index in [-0.39, 0.29) is 5.82 Å². The van der Waals surface area contributed by atoms with E-state index in [2.05, 4.69) is 18.8 Å². The van der Waals surface area contributed by atoms with Gasteiger partial charge < -0.3 is 9.72 Å². The number of hydrogen-bond donors (Lipinski definition) is 1. The number of benzene rings is 1. The lowest BCUT2D eigenvalue weighted by Crippen LogP contribution is -1.92. The van der Waals surface area contributed by atoms with Gasteiger partial charge in [0.2, 0.25) is 0 Å². The molecule has 1 aromatic heterocycles. The van der Waals surface area contributed by atoms with Gasteiger partial charge in [-0.2, -0.15) is 0 Å². The second-order valence-electron chi connectivity index (χ2n) is 4.43. The fourth-order valence-electron chi connectivity index (χ4n) is 2.51. The van der Waals surface area contributed by atoms with Crippen LogP contribution in [-0.4, -0.2) is 12.1 Å². The van der Waals surface area contributed by atoms with Gasteiger partial charge in [0.05, 0.1) is 7.11 Å². The summed E-state index contributed by atoms with van der Waals surface area (Å²) < 4.78 is 18.5. The molecule has 1 aromatic carbocycles. The van der Waals surface area contributed by atoms with Crippen molar-refractivity contribution in [2.45, 2.75) is 27.2 Å². The standard InChI is InChI=1S/C15H18FNO/c1-5-12-9(2)17-10(3)15(12)13-7-6-11(16)8-14(13)18-4/h6-8,17H,5H2,1-4H3. The van der Waals surface area contributed by atoms with E-state index in [9.17, 15) is 4.39 Å². The number of aromatic nitrogens is 1. The van der Waals surface area contributed by atoms with Crippen molar-refractivity contribution in [2.24, 2.45) is 0 Å². The summed E-state index contributed by atoms with van der Waals surface area (Å²) in [6, 6.07) is 4.68. The highest BCUT2D eigenvalue weighted by Crippen LogP contribution is 2.36. The Labute approximate surface area is 107 Å². The van der Waals surface area contributed by atoms with E-state index in [1.807, 2.05) is 6.92 Å². The quantitative estimate of drug-likeness (QED) is 0.871. The highest BCUT2D eigenvalue weighted by atomic mass is 19.1. The molecular formula is C15H18FNO. The van der Waals surface area contributed by atoms with E-state index >= 15 is 0 Å². The summed E-state index contributed by atoms with van der Waals surface area (Å²) >= 11 is 0. The smallest absolute Gasteiger partial charge is 0.129 e. The molecule has 2 rings (SSSR count). The van der Waals surface area contributed by atoms with Crippen LogP contribution in [0.4, 0.5) is 4.39 Å². The molecule has 0 aliphatic heterocycles. The van der Waals surface area contributed by atoms with Gasteiger partial charge in [0.25, 0.3) is 0 Å². The van der Waals surface area contributed by atoms with Crippen molar-refractivity contribution in [3.8, 4) is 16.9 Å².